The topological polar surface area (TPSA) is 35.2 Å². The highest BCUT2D eigenvalue weighted by Crippen LogP contribution is 2.33. The number of ether oxygens (including phenoxy) is 1. The standard InChI is InChI=1S/C18H15NO/c19-15-8-6-7-14(13-15)17-11-4-5-12-18(17)20-16-9-2-1-3-10-16/h1-13H,19H2. The Morgan fingerprint density at radius 1 is 0.700 bits per heavy atom. The molecule has 0 fully saturated rings. The maximum atomic E-state index is 5.96. The third-order valence-electron chi connectivity index (χ3n) is 3.06. The molecule has 2 heteroatoms. The van der Waals surface area contributed by atoms with Crippen LogP contribution in [0.25, 0.3) is 11.1 Å². The molecule has 0 saturated heterocycles. The van der Waals surface area contributed by atoms with Gasteiger partial charge in [-0.25, -0.2) is 0 Å². The molecule has 0 radical (unpaired) electrons. The third-order valence-corrected chi connectivity index (χ3v) is 3.06. The minimum atomic E-state index is 0.747. The molecule has 0 amide bonds. The molecule has 0 aromatic heterocycles. The summed E-state index contributed by atoms with van der Waals surface area (Å²) >= 11 is 0. The first-order valence-electron chi connectivity index (χ1n) is 6.51. The highest BCUT2D eigenvalue weighted by Gasteiger charge is 2.06. The molecule has 0 saturated carbocycles. The fraction of sp³-hybridized carbons (Fsp3) is 0. The van der Waals surface area contributed by atoms with Crippen LogP contribution >= 0.6 is 0 Å². The predicted molar refractivity (Wildman–Crippen MR) is 82.8 cm³/mol. The molecule has 0 bridgehead atoms. The van der Waals surface area contributed by atoms with E-state index in [1.807, 2.05) is 78.9 Å². The lowest BCUT2D eigenvalue weighted by Crippen LogP contribution is -1.89. The van der Waals surface area contributed by atoms with Crippen molar-refractivity contribution in [3.05, 3.63) is 78.9 Å². The largest absolute Gasteiger partial charge is 0.457 e. The first kappa shape index (κ1) is 12.3. The lowest BCUT2D eigenvalue weighted by Gasteiger charge is -2.11. The molecular weight excluding hydrogens is 246 g/mol. The van der Waals surface area contributed by atoms with E-state index >= 15 is 0 Å². The number of anilines is 1. The second-order valence-electron chi connectivity index (χ2n) is 4.54. The Bertz CT molecular complexity index is 707. The van der Waals surface area contributed by atoms with Gasteiger partial charge in [-0.05, 0) is 35.9 Å². The maximum absolute atomic E-state index is 5.96. The summed E-state index contributed by atoms with van der Waals surface area (Å²) in [6.45, 7) is 0. The van der Waals surface area contributed by atoms with Crippen molar-refractivity contribution in [1.82, 2.24) is 0 Å². The van der Waals surface area contributed by atoms with Gasteiger partial charge in [0.25, 0.3) is 0 Å². The Morgan fingerprint density at radius 2 is 1.45 bits per heavy atom. The quantitative estimate of drug-likeness (QED) is 0.692. The summed E-state index contributed by atoms with van der Waals surface area (Å²) in [6, 6.07) is 25.5. The van der Waals surface area contributed by atoms with E-state index in [9.17, 15) is 0 Å². The molecular formula is C18H15NO. The normalized spacial score (nSPS) is 10.2. The maximum Gasteiger partial charge on any atom is 0.135 e. The van der Waals surface area contributed by atoms with Gasteiger partial charge in [-0.2, -0.15) is 0 Å². The minimum absolute atomic E-state index is 0.747. The molecule has 0 spiro atoms. The molecule has 3 aromatic carbocycles. The van der Waals surface area contributed by atoms with Crippen LogP contribution < -0.4 is 10.5 Å². The lowest BCUT2D eigenvalue weighted by atomic mass is 10.0. The zero-order valence-electron chi connectivity index (χ0n) is 11.0. The van der Waals surface area contributed by atoms with Crippen LogP contribution in [0.2, 0.25) is 0 Å². The number of nitrogens with two attached hydrogens (primary N) is 1. The van der Waals surface area contributed by atoms with Gasteiger partial charge in [0.2, 0.25) is 0 Å². The van der Waals surface area contributed by atoms with Crippen LogP contribution in [0.3, 0.4) is 0 Å². The van der Waals surface area contributed by atoms with Gasteiger partial charge in [0.15, 0.2) is 0 Å². The number of hydrogen-bond acceptors (Lipinski definition) is 2. The second-order valence-corrected chi connectivity index (χ2v) is 4.54. The predicted octanol–water partition coefficient (Wildman–Crippen LogP) is 4.73. The average Bonchev–Trinajstić information content (AvgIpc) is 2.49. The summed E-state index contributed by atoms with van der Waals surface area (Å²) in [5.41, 5.74) is 8.69. The van der Waals surface area contributed by atoms with Crippen LogP contribution in [0.4, 0.5) is 5.69 Å². The molecule has 20 heavy (non-hydrogen) atoms. The van der Waals surface area contributed by atoms with E-state index in [0.29, 0.717) is 0 Å². The van der Waals surface area contributed by atoms with Gasteiger partial charge in [-0.1, -0.05) is 48.5 Å². The number of rotatable bonds is 3. The number of benzene rings is 3. The summed E-state index contributed by atoms with van der Waals surface area (Å²) in [7, 11) is 0. The van der Waals surface area contributed by atoms with Gasteiger partial charge in [-0.15, -0.1) is 0 Å². The van der Waals surface area contributed by atoms with Crippen LogP contribution in [0.15, 0.2) is 78.9 Å². The Kier molecular flexibility index (Phi) is 3.38. The second kappa shape index (κ2) is 5.49. The number of para-hydroxylation sites is 2. The van der Waals surface area contributed by atoms with Gasteiger partial charge < -0.3 is 10.5 Å². The highest BCUT2D eigenvalue weighted by molar-refractivity contribution is 5.73. The number of nitrogen functional groups attached to an aromatic ring is 1. The van der Waals surface area contributed by atoms with Crippen molar-refractivity contribution in [3.8, 4) is 22.6 Å². The zero-order valence-corrected chi connectivity index (χ0v) is 11.0. The molecule has 0 aliphatic rings. The fourth-order valence-corrected chi connectivity index (χ4v) is 2.12. The molecule has 0 heterocycles. The molecule has 0 aliphatic carbocycles. The van der Waals surface area contributed by atoms with E-state index in [1.165, 1.54) is 0 Å². The van der Waals surface area contributed by atoms with E-state index in [4.69, 9.17) is 10.5 Å². The van der Waals surface area contributed by atoms with Gasteiger partial charge in [-0.3, -0.25) is 0 Å². The van der Waals surface area contributed by atoms with E-state index < -0.39 is 0 Å². The van der Waals surface area contributed by atoms with Crippen LogP contribution in [0.1, 0.15) is 0 Å². The summed E-state index contributed by atoms with van der Waals surface area (Å²) in [5, 5.41) is 0. The zero-order chi connectivity index (χ0) is 13.8. The van der Waals surface area contributed by atoms with Crippen LogP contribution in [0.5, 0.6) is 11.5 Å². The first-order chi connectivity index (χ1) is 9.83. The molecule has 0 aliphatic heterocycles. The van der Waals surface area contributed by atoms with Gasteiger partial charge in [0.05, 0.1) is 0 Å². The smallest absolute Gasteiger partial charge is 0.135 e. The first-order valence-corrected chi connectivity index (χ1v) is 6.51. The Labute approximate surface area is 118 Å². The monoisotopic (exact) mass is 261 g/mol. The average molecular weight is 261 g/mol. The van der Waals surface area contributed by atoms with Gasteiger partial charge in [0.1, 0.15) is 11.5 Å². The van der Waals surface area contributed by atoms with Crippen molar-refractivity contribution >= 4 is 5.69 Å². The summed E-state index contributed by atoms with van der Waals surface area (Å²) in [5.74, 6) is 1.65. The molecule has 3 aromatic rings. The Morgan fingerprint density at radius 3 is 2.25 bits per heavy atom. The summed E-state index contributed by atoms with van der Waals surface area (Å²) < 4.78 is 5.96. The van der Waals surface area contributed by atoms with Crippen LogP contribution in [-0.2, 0) is 0 Å². The van der Waals surface area contributed by atoms with Crippen molar-refractivity contribution in [2.45, 2.75) is 0 Å². The van der Waals surface area contributed by atoms with Gasteiger partial charge >= 0.3 is 0 Å². The van der Waals surface area contributed by atoms with Crippen molar-refractivity contribution in [3.63, 3.8) is 0 Å². The van der Waals surface area contributed by atoms with E-state index in [0.717, 1.165) is 28.3 Å². The SMILES string of the molecule is Nc1cccc(-c2ccccc2Oc2ccccc2)c1. The third kappa shape index (κ3) is 2.64. The van der Waals surface area contributed by atoms with Crippen molar-refractivity contribution in [2.75, 3.05) is 5.73 Å². The molecule has 0 atom stereocenters. The highest BCUT2D eigenvalue weighted by atomic mass is 16.5. The van der Waals surface area contributed by atoms with E-state index in [-0.39, 0.29) is 0 Å². The fourth-order valence-electron chi connectivity index (χ4n) is 2.12. The van der Waals surface area contributed by atoms with Crippen molar-refractivity contribution in [1.29, 1.82) is 0 Å². The van der Waals surface area contributed by atoms with Crippen molar-refractivity contribution < 1.29 is 4.74 Å². The van der Waals surface area contributed by atoms with E-state index in [2.05, 4.69) is 0 Å². The number of hydrogen-bond donors (Lipinski definition) is 1. The molecule has 2 nitrogen and oxygen atoms in total. The van der Waals surface area contributed by atoms with Crippen molar-refractivity contribution in [2.24, 2.45) is 0 Å². The Hall–Kier alpha value is -2.74. The van der Waals surface area contributed by atoms with E-state index in [1.54, 1.807) is 0 Å². The molecule has 2 N–H and O–H groups in total. The molecule has 0 unspecified atom stereocenters. The van der Waals surface area contributed by atoms with Crippen LogP contribution in [-0.4, -0.2) is 0 Å². The summed E-state index contributed by atoms with van der Waals surface area (Å²) in [6.07, 6.45) is 0. The molecule has 3 rings (SSSR count). The lowest BCUT2D eigenvalue weighted by molar-refractivity contribution is 0.484. The Balaban J connectivity index is 2.00. The van der Waals surface area contributed by atoms with Gasteiger partial charge in [0, 0.05) is 11.3 Å². The minimum Gasteiger partial charge on any atom is -0.457 e. The van der Waals surface area contributed by atoms with Crippen LogP contribution in [0, 0.1) is 0 Å². The molecule has 98 valence electrons. The summed E-state index contributed by atoms with van der Waals surface area (Å²) in [4.78, 5) is 0.